The molecule has 16 heavy (non-hydrogen) atoms. The standard InChI is InChI=1S/C13H21FN2/c1-11(10-15)5-7-16-8-6-12-3-2-4-13(14)9-12/h2-4,9,11,16H,5-8,10,15H2,1H3. The summed E-state index contributed by atoms with van der Waals surface area (Å²) in [5.74, 6) is 0.413. The van der Waals surface area contributed by atoms with E-state index in [1.54, 1.807) is 12.1 Å². The average Bonchev–Trinajstić information content (AvgIpc) is 2.28. The number of hydrogen-bond donors (Lipinski definition) is 2. The summed E-state index contributed by atoms with van der Waals surface area (Å²) in [4.78, 5) is 0. The lowest BCUT2D eigenvalue weighted by Gasteiger charge is -2.09. The quantitative estimate of drug-likeness (QED) is 0.695. The van der Waals surface area contributed by atoms with E-state index < -0.39 is 0 Å². The molecule has 0 spiro atoms. The van der Waals surface area contributed by atoms with Gasteiger partial charge in [-0.3, -0.25) is 0 Å². The molecule has 0 aromatic heterocycles. The fraction of sp³-hybridized carbons (Fsp3) is 0.538. The molecular formula is C13H21FN2. The number of hydrogen-bond acceptors (Lipinski definition) is 2. The predicted molar refractivity (Wildman–Crippen MR) is 65.8 cm³/mol. The van der Waals surface area contributed by atoms with Gasteiger partial charge in [0.15, 0.2) is 0 Å². The third kappa shape index (κ3) is 5.24. The third-order valence-electron chi connectivity index (χ3n) is 2.70. The first-order valence-corrected chi connectivity index (χ1v) is 5.87. The second-order valence-corrected chi connectivity index (χ2v) is 4.26. The van der Waals surface area contributed by atoms with Crippen LogP contribution in [0.1, 0.15) is 18.9 Å². The zero-order valence-corrected chi connectivity index (χ0v) is 9.88. The number of nitrogens with two attached hydrogens (primary N) is 1. The van der Waals surface area contributed by atoms with Gasteiger partial charge in [-0.05, 0) is 56.1 Å². The van der Waals surface area contributed by atoms with Crippen molar-refractivity contribution in [3.8, 4) is 0 Å². The number of rotatable bonds is 7. The number of nitrogens with one attached hydrogen (secondary N) is 1. The Morgan fingerprint density at radius 1 is 1.38 bits per heavy atom. The summed E-state index contributed by atoms with van der Waals surface area (Å²) in [5, 5.41) is 3.34. The van der Waals surface area contributed by atoms with E-state index in [1.165, 1.54) is 6.07 Å². The molecule has 0 amide bonds. The lowest BCUT2D eigenvalue weighted by molar-refractivity contribution is 0.511. The van der Waals surface area contributed by atoms with Crippen molar-refractivity contribution in [2.75, 3.05) is 19.6 Å². The van der Waals surface area contributed by atoms with Gasteiger partial charge in [0.25, 0.3) is 0 Å². The normalized spacial score (nSPS) is 12.7. The van der Waals surface area contributed by atoms with Gasteiger partial charge >= 0.3 is 0 Å². The maximum absolute atomic E-state index is 12.9. The molecule has 0 aliphatic rings. The molecule has 90 valence electrons. The van der Waals surface area contributed by atoms with E-state index in [0.717, 1.165) is 38.0 Å². The van der Waals surface area contributed by atoms with Crippen LogP contribution in [0.25, 0.3) is 0 Å². The Hall–Kier alpha value is -0.930. The van der Waals surface area contributed by atoms with Crippen LogP contribution in [0.4, 0.5) is 4.39 Å². The van der Waals surface area contributed by atoms with Crippen LogP contribution in [0.2, 0.25) is 0 Å². The first kappa shape index (κ1) is 13.1. The van der Waals surface area contributed by atoms with E-state index in [1.807, 2.05) is 6.07 Å². The van der Waals surface area contributed by atoms with Gasteiger partial charge in [0, 0.05) is 0 Å². The molecule has 3 heteroatoms. The minimum Gasteiger partial charge on any atom is -0.330 e. The zero-order valence-electron chi connectivity index (χ0n) is 9.88. The van der Waals surface area contributed by atoms with Crippen molar-refractivity contribution >= 4 is 0 Å². The molecule has 1 unspecified atom stereocenters. The fourth-order valence-corrected chi connectivity index (χ4v) is 1.52. The van der Waals surface area contributed by atoms with Gasteiger partial charge in [0.05, 0.1) is 0 Å². The van der Waals surface area contributed by atoms with Crippen LogP contribution < -0.4 is 11.1 Å². The summed E-state index contributed by atoms with van der Waals surface area (Å²) in [5.41, 5.74) is 6.57. The topological polar surface area (TPSA) is 38.0 Å². The van der Waals surface area contributed by atoms with Crippen molar-refractivity contribution in [1.82, 2.24) is 5.32 Å². The molecule has 0 saturated heterocycles. The number of benzene rings is 1. The molecule has 0 heterocycles. The minimum absolute atomic E-state index is 0.158. The highest BCUT2D eigenvalue weighted by atomic mass is 19.1. The molecular weight excluding hydrogens is 203 g/mol. The lowest BCUT2D eigenvalue weighted by Crippen LogP contribution is -2.22. The molecule has 0 radical (unpaired) electrons. The van der Waals surface area contributed by atoms with Crippen LogP contribution in [-0.4, -0.2) is 19.6 Å². The molecule has 1 atom stereocenters. The highest BCUT2D eigenvalue weighted by molar-refractivity contribution is 5.16. The summed E-state index contributed by atoms with van der Waals surface area (Å²) < 4.78 is 12.9. The van der Waals surface area contributed by atoms with Crippen LogP contribution >= 0.6 is 0 Å². The first-order chi connectivity index (χ1) is 7.72. The maximum Gasteiger partial charge on any atom is 0.123 e. The van der Waals surface area contributed by atoms with Crippen molar-refractivity contribution in [3.63, 3.8) is 0 Å². The van der Waals surface area contributed by atoms with Crippen molar-refractivity contribution in [1.29, 1.82) is 0 Å². The van der Waals surface area contributed by atoms with Crippen molar-refractivity contribution < 1.29 is 4.39 Å². The Morgan fingerprint density at radius 3 is 2.88 bits per heavy atom. The molecule has 0 aliphatic heterocycles. The molecule has 0 aliphatic carbocycles. The summed E-state index contributed by atoms with van der Waals surface area (Å²) in [6.07, 6.45) is 1.97. The Bertz CT molecular complexity index is 302. The SMILES string of the molecule is CC(CN)CCNCCc1cccc(F)c1. The lowest BCUT2D eigenvalue weighted by atomic mass is 10.1. The van der Waals surface area contributed by atoms with Gasteiger partial charge in [-0.25, -0.2) is 4.39 Å². The summed E-state index contributed by atoms with van der Waals surface area (Å²) in [7, 11) is 0. The van der Waals surface area contributed by atoms with E-state index in [0.29, 0.717) is 5.92 Å². The van der Waals surface area contributed by atoms with Gasteiger partial charge in [0.1, 0.15) is 5.82 Å². The third-order valence-corrected chi connectivity index (χ3v) is 2.70. The Kier molecular flexibility index (Phi) is 6.04. The van der Waals surface area contributed by atoms with Gasteiger partial charge in [-0.1, -0.05) is 19.1 Å². The first-order valence-electron chi connectivity index (χ1n) is 5.87. The molecule has 1 aromatic carbocycles. The van der Waals surface area contributed by atoms with E-state index in [2.05, 4.69) is 12.2 Å². The Balaban J connectivity index is 2.12. The van der Waals surface area contributed by atoms with Crippen LogP contribution in [-0.2, 0) is 6.42 Å². The smallest absolute Gasteiger partial charge is 0.123 e. The number of halogens is 1. The Morgan fingerprint density at radius 2 is 2.19 bits per heavy atom. The van der Waals surface area contributed by atoms with Gasteiger partial charge in [-0.15, -0.1) is 0 Å². The Labute approximate surface area is 97.0 Å². The van der Waals surface area contributed by atoms with Gasteiger partial charge in [-0.2, -0.15) is 0 Å². The predicted octanol–water partition coefficient (Wildman–Crippen LogP) is 1.94. The molecule has 0 saturated carbocycles. The largest absolute Gasteiger partial charge is 0.330 e. The summed E-state index contributed by atoms with van der Waals surface area (Å²) in [6.45, 7) is 4.76. The summed E-state index contributed by atoms with van der Waals surface area (Å²) in [6, 6.07) is 6.76. The van der Waals surface area contributed by atoms with E-state index in [4.69, 9.17) is 5.73 Å². The van der Waals surface area contributed by atoms with E-state index >= 15 is 0 Å². The molecule has 0 fully saturated rings. The van der Waals surface area contributed by atoms with Crippen LogP contribution in [0, 0.1) is 11.7 Å². The van der Waals surface area contributed by atoms with Crippen LogP contribution in [0.3, 0.4) is 0 Å². The monoisotopic (exact) mass is 224 g/mol. The molecule has 1 rings (SSSR count). The zero-order chi connectivity index (χ0) is 11.8. The molecule has 0 bridgehead atoms. The molecule has 2 nitrogen and oxygen atoms in total. The molecule has 3 N–H and O–H groups in total. The fourth-order valence-electron chi connectivity index (χ4n) is 1.52. The second-order valence-electron chi connectivity index (χ2n) is 4.26. The highest BCUT2D eigenvalue weighted by Gasteiger charge is 1.98. The van der Waals surface area contributed by atoms with Gasteiger partial charge in [0.2, 0.25) is 0 Å². The van der Waals surface area contributed by atoms with Crippen molar-refractivity contribution in [3.05, 3.63) is 35.6 Å². The summed E-state index contributed by atoms with van der Waals surface area (Å²) >= 11 is 0. The minimum atomic E-state index is -0.158. The molecule has 1 aromatic rings. The van der Waals surface area contributed by atoms with E-state index in [9.17, 15) is 4.39 Å². The van der Waals surface area contributed by atoms with Gasteiger partial charge < -0.3 is 11.1 Å². The second kappa shape index (κ2) is 7.36. The van der Waals surface area contributed by atoms with Crippen molar-refractivity contribution in [2.24, 2.45) is 11.7 Å². The van der Waals surface area contributed by atoms with Crippen LogP contribution in [0.5, 0.6) is 0 Å². The maximum atomic E-state index is 12.9. The van der Waals surface area contributed by atoms with Crippen molar-refractivity contribution in [2.45, 2.75) is 19.8 Å². The van der Waals surface area contributed by atoms with E-state index in [-0.39, 0.29) is 5.82 Å². The van der Waals surface area contributed by atoms with Crippen LogP contribution in [0.15, 0.2) is 24.3 Å². The average molecular weight is 224 g/mol. The highest BCUT2D eigenvalue weighted by Crippen LogP contribution is 2.03.